The fourth-order valence-corrected chi connectivity index (χ4v) is 3.71. The average Bonchev–Trinajstić information content (AvgIpc) is 3.03. The van der Waals surface area contributed by atoms with Crippen LogP contribution in [-0.4, -0.2) is 86.5 Å². The number of likely N-dealkylation sites (N-methyl/N-ethyl adjacent to an activating group) is 1. The Bertz CT molecular complexity index is 429. The van der Waals surface area contributed by atoms with E-state index in [-0.39, 0.29) is 11.9 Å². The number of carbonyl (C=O) groups excluding carboxylic acids is 1. The molecule has 6 heteroatoms. The molecule has 2 aliphatic heterocycles. The van der Waals surface area contributed by atoms with Gasteiger partial charge in [0.2, 0.25) is 5.91 Å². The molecule has 2 heterocycles. The van der Waals surface area contributed by atoms with Crippen LogP contribution in [0.25, 0.3) is 0 Å². The monoisotopic (exact) mass is 337 g/mol. The predicted molar refractivity (Wildman–Crippen MR) is 99.2 cm³/mol. The van der Waals surface area contributed by atoms with Crippen LogP contribution in [0.1, 0.15) is 39.0 Å². The van der Waals surface area contributed by atoms with Crippen LogP contribution in [0.15, 0.2) is 4.99 Å². The van der Waals surface area contributed by atoms with E-state index in [1.54, 1.807) is 4.90 Å². The van der Waals surface area contributed by atoms with Gasteiger partial charge in [-0.1, -0.05) is 6.92 Å². The summed E-state index contributed by atoms with van der Waals surface area (Å²) >= 11 is 0. The fourth-order valence-electron chi connectivity index (χ4n) is 3.71. The molecule has 1 N–H and O–H groups in total. The normalized spacial score (nSPS) is 23.6. The summed E-state index contributed by atoms with van der Waals surface area (Å²) in [6, 6.07) is 0.0860. The second-order valence-corrected chi connectivity index (χ2v) is 7.42. The maximum absolute atomic E-state index is 12.2. The first-order valence-electron chi connectivity index (χ1n) is 9.43. The van der Waals surface area contributed by atoms with Crippen LogP contribution in [0.3, 0.4) is 0 Å². The van der Waals surface area contributed by atoms with Gasteiger partial charge < -0.3 is 15.1 Å². The van der Waals surface area contributed by atoms with Crippen molar-refractivity contribution < 1.29 is 4.79 Å². The first kappa shape index (κ1) is 19.0. The topological polar surface area (TPSA) is 51.2 Å². The molecular formula is C18H35N5O. The van der Waals surface area contributed by atoms with Gasteiger partial charge in [-0.25, -0.2) is 0 Å². The molecule has 0 saturated carbocycles. The zero-order valence-electron chi connectivity index (χ0n) is 15.9. The Morgan fingerprint density at radius 2 is 1.92 bits per heavy atom. The molecule has 2 fully saturated rings. The van der Waals surface area contributed by atoms with Crippen molar-refractivity contribution in [2.75, 3.05) is 53.9 Å². The van der Waals surface area contributed by atoms with E-state index in [9.17, 15) is 4.79 Å². The summed E-state index contributed by atoms with van der Waals surface area (Å²) in [4.78, 5) is 23.1. The maximum atomic E-state index is 12.2. The second kappa shape index (κ2) is 9.25. The van der Waals surface area contributed by atoms with Crippen LogP contribution in [0.4, 0.5) is 0 Å². The standard InChI is InChI=1S/C18H35N5O/c1-15-8-13-23(14-9-15)18(19-2)20-10-6-12-22-11-5-7-16(22)17(24)21(3)4/h15-16H,5-14H2,1-4H3,(H,19,20). The number of carbonyl (C=O) groups is 1. The molecule has 1 unspecified atom stereocenters. The molecule has 0 aromatic carbocycles. The third-order valence-corrected chi connectivity index (χ3v) is 5.29. The van der Waals surface area contributed by atoms with Gasteiger partial charge in [-0.3, -0.25) is 14.7 Å². The summed E-state index contributed by atoms with van der Waals surface area (Å²) in [6.45, 7) is 7.47. The van der Waals surface area contributed by atoms with E-state index >= 15 is 0 Å². The van der Waals surface area contributed by atoms with Crippen molar-refractivity contribution in [3.8, 4) is 0 Å². The summed E-state index contributed by atoms with van der Waals surface area (Å²) < 4.78 is 0. The molecule has 0 aromatic rings. The fraction of sp³-hybridized carbons (Fsp3) is 0.889. The minimum Gasteiger partial charge on any atom is -0.356 e. The predicted octanol–water partition coefficient (Wildman–Crippen LogP) is 1.24. The van der Waals surface area contributed by atoms with Gasteiger partial charge in [-0.2, -0.15) is 0 Å². The highest BCUT2D eigenvalue weighted by molar-refractivity contribution is 5.81. The van der Waals surface area contributed by atoms with Crippen LogP contribution in [-0.2, 0) is 4.79 Å². The van der Waals surface area contributed by atoms with Crippen LogP contribution >= 0.6 is 0 Å². The summed E-state index contributed by atoms with van der Waals surface area (Å²) in [7, 11) is 5.57. The average molecular weight is 338 g/mol. The molecular weight excluding hydrogens is 302 g/mol. The molecule has 24 heavy (non-hydrogen) atoms. The van der Waals surface area contributed by atoms with Crippen LogP contribution < -0.4 is 5.32 Å². The van der Waals surface area contributed by atoms with E-state index < -0.39 is 0 Å². The van der Waals surface area contributed by atoms with Gasteiger partial charge in [0.05, 0.1) is 6.04 Å². The Morgan fingerprint density at radius 1 is 1.21 bits per heavy atom. The summed E-state index contributed by atoms with van der Waals surface area (Å²) in [5.41, 5.74) is 0. The number of amides is 1. The molecule has 2 saturated heterocycles. The first-order chi connectivity index (χ1) is 11.5. The molecule has 1 amide bonds. The number of nitrogens with one attached hydrogen (secondary N) is 1. The van der Waals surface area contributed by atoms with Crippen molar-refractivity contribution in [2.45, 2.75) is 45.1 Å². The zero-order chi connectivity index (χ0) is 17.5. The quantitative estimate of drug-likeness (QED) is 0.466. The van der Waals surface area contributed by atoms with Crippen molar-refractivity contribution in [3.63, 3.8) is 0 Å². The lowest BCUT2D eigenvalue weighted by molar-refractivity contribution is -0.133. The number of aliphatic imine (C=N–C) groups is 1. The molecule has 0 bridgehead atoms. The van der Waals surface area contributed by atoms with Crippen LogP contribution in [0.5, 0.6) is 0 Å². The Morgan fingerprint density at radius 3 is 2.54 bits per heavy atom. The minimum atomic E-state index is 0.0860. The van der Waals surface area contributed by atoms with Gasteiger partial charge in [-0.05, 0) is 44.6 Å². The van der Waals surface area contributed by atoms with Crippen molar-refractivity contribution >= 4 is 11.9 Å². The van der Waals surface area contributed by atoms with Crippen molar-refractivity contribution in [2.24, 2.45) is 10.9 Å². The molecule has 0 radical (unpaired) electrons. The molecule has 0 aliphatic carbocycles. The maximum Gasteiger partial charge on any atom is 0.239 e. The zero-order valence-corrected chi connectivity index (χ0v) is 15.9. The van der Waals surface area contributed by atoms with Crippen molar-refractivity contribution in [1.82, 2.24) is 20.0 Å². The Labute approximate surface area is 147 Å². The molecule has 2 aliphatic rings. The van der Waals surface area contributed by atoms with E-state index in [2.05, 4.69) is 27.0 Å². The van der Waals surface area contributed by atoms with Gasteiger partial charge in [0.1, 0.15) is 0 Å². The largest absolute Gasteiger partial charge is 0.356 e. The number of nitrogens with zero attached hydrogens (tertiary/aromatic N) is 4. The van der Waals surface area contributed by atoms with Gasteiger partial charge in [0.15, 0.2) is 5.96 Å². The lowest BCUT2D eigenvalue weighted by Gasteiger charge is -2.33. The number of rotatable bonds is 5. The van der Waals surface area contributed by atoms with E-state index in [4.69, 9.17) is 0 Å². The molecule has 2 rings (SSSR count). The summed E-state index contributed by atoms with van der Waals surface area (Å²) in [5.74, 6) is 2.11. The smallest absolute Gasteiger partial charge is 0.239 e. The summed E-state index contributed by atoms with van der Waals surface area (Å²) in [6.07, 6.45) is 5.68. The molecule has 6 nitrogen and oxygen atoms in total. The van der Waals surface area contributed by atoms with Crippen molar-refractivity contribution in [3.05, 3.63) is 0 Å². The first-order valence-corrected chi connectivity index (χ1v) is 9.43. The van der Waals surface area contributed by atoms with Gasteiger partial charge in [0.25, 0.3) is 0 Å². The Balaban J connectivity index is 1.70. The Kier molecular flexibility index (Phi) is 7.34. The molecule has 138 valence electrons. The minimum absolute atomic E-state index is 0.0860. The van der Waals surface area contributed by atoms with Gasteiger partial charge in [0, 0.05) is 47.3 Å². The molecule has 1 atom stereocenters. The van der Waals surface area contributed by atoms with E-state index in [1.807, 2.05) is 21.1 Å². The Hall–Kier alpha value is -1.30. The number of hydrogen-bond donors (Lipinski definition) is 1. The SMILES string of the molecule is CN=C(NCCCN1CCCC1C(=O)N(C)C)N1CCC(C)CC1. The summed E-state index contributed by atoms with van der Waals surface area (Å²) in [5, 5.41) is 3.50. The van der Waals surface area contributed by atoms with Crippen LogP contribution in [0.2, 0.25) is 0 Å². The number of piperidine rings is 1. The lowest BCUT2D eigenvalue weighted by atomic mass is 10.00. The molecule has 0 aromatic heterocycles. The lowest BCUT2D eigenvalue weighted by Crippen LogP contribution is -2.46. The number of guanidine groups is 1. The van der Waals surface area contributed by atoms with Crippen LogP contribution in [0, 0.1) is 5.92 Å². The highest BCUT2D eigenvalue weighted by Crippen LogP contribution is 2.19. The second-order valence-electron chi connectivity index (χ2n) is 7.42. The van der Waals surface area contributed by atoms with E-state index in [0.29, 0.717) is 0 Å². The highest BCUT2D eigenvalue weighted by Gasteiger charge is 2.31. The number of hydrogen-bond acceptors (Lipinski definition) is 3. The van der Waals surface area contributed by atoms with Gasteiger partial charge in [-0.15, -0.1) is 0 Å². The third-order valence-electron chi connectivity index (χ3n) is 5.29. The van der Waals surface area contributed by atoms with Crippen molar-refractivity contribution in [1.29, 1.82) is 0 Å². The highest BCUT2D eigenvalue weighted by atomic mass is 16.2. The third kappa shape index (κ3) is 5.10. The van der Waals surface area contributed by atoms with Gasteiger partial charge >= 0.3 is 0 Å². The van der Waals surface area contributed by atoms with E-state index in [0.717, 1.165) is 63.9 Å². The number of likely N-dealkylation sites (tertiary alicyclic amines) is 2. The van der Waals surface area contributed by atoms with E-state index in [1.165, 1.54) is 12.8 Å². The molecule has 0 spiro atoms.